The summed E-state index contributed by atoms with van der Waals surface area (Å²) in [6, 6.07) is 0. The van der Waals surface area contributed by atoms with Crippen molar-refractivity contribution in [2.24, 2.45) is 7.05 Å². The number of aliphatic hydroxyl groups excluding tert-OH is 2. The molecule has 2 N–H and O–H groups in total. The van der Waals surface area contributed by atoms with Gasteiger partial charge in [-0.1, -0.05) is 4.98 Å². The lowest BCUT2D eigenvalue weighted by atomic mass is 10.3. The first kappa shape index (κ1) is 9.62. The third-order valence-corrected chi connectivity index (χ3v) is 1.68. The molecule has 0 aliphatic heterocycles. The molecule has 0 aliphatic carbocycles. The summed E-state index contributed by atoms with van der Waals surface area (Å²) in [5, 5.41) is 28.1. The van der Waals surface area contributed by atoms with Crippen LogP contribution in [0, 0.1) is 10.1 Å². The van der Waals surface area contributed by atoms with Crippen molar-refractivity contribution in [2.45, 2.75) is 6.10 Å². The highest BCUT2D eigenvalue weighted by molar-refractivity contribution is 5.16. The maximum absolute atomic E-state index is 10.3. The van der Waals surface area contributed by atoms with Crippen molar-refractivity contribution in [1.29, 1.82) is 0 Å². The lowest BCUT2D eigenvalue weighted by Crippen LogP contribution is -2.09. The first-order chi connectivity index (χ1) is 6.07. The van der Waals surface area contributed by atoms with Gasteiger partial charge in [-0.3, -0.25) is 0 Å². The Morgan fingerprint density at radius 1 is 1.85 bits per heavy atom. The van der Waals surface area contributed by atoms with Crippen LogP contribution in [-0.2, 0) is 7.05 Å². The molecule has 1 heterocycles. The van der Waals surface area contributed by atoms with Crippen LogP contribution in [0.1, 0.15) is 11.8 Å². The molecular weight excluding hydrogens is 178 g/mol. The van der Waals surface area contributed by atoms with Crippen molar-refractivity contribution in [3.8, 4) is 0 Å². The highest BCUT2D eigenvalue weighted by Gasteiger charge is 2.21. The summed E-state index contributed by atoms with van der Waals surface area (Å²) >= 11 is 0. The zero-order chi connectivity index (χ0) is 10.0. The predicted molar refractivity (Wildman–Crippen MR) is 41.9 cm³/mol. The van der Waals surface area contributed by atoms with Gasteiger partial charge in [-0.2, -0.15) is 0 Å². The third-order valence-electron chi connectivity index (χ3n) is 1.68. The molecule has 1 rings (SSSR count). The molecule has 0 amide bonds. The van der Waals surface area contributed by atoms with Crippen molar-refractivity contribution < 1.29 is 15.1 Å². The van der Waals surface area contributed by atoms with E-state index in [2.05, 4.69) is 4.98 Å². The number of nitrogens with zero attached hydrogens (tertiary/aromatic N) is 3. The van der Waals surface area contributed by atoms with E-state index in [1.165, 1.54) is 13.2 Å². The minimum absolute atomic E-state index is 0.217. The Bertz CT molecular complexity index is 322. The minimum Gasteiger partial charge on any atom is -0.393 e. The van der Waals surface area contributed by atoms with E-state index in [9.17, 15) is 15.2 Å². The van der Waals surface area contributed by atoms with E-state index in [0.717, 1.165) is 4.57 Å². The van der Waals surface area contributed by atoms with Gasteiger partial charge >= 0.3 is 5.95 Å². The Kier molecular flexibility index (Phi) is 2.59. The normalized spacial score (nSPS) is 12.8. The first-order valence-corrected chi connectivity index (χ1v) is 3.53. The molecule has 7 nitrogen and oxygen atoms in total. The van der Waals surface area contributed by atoms with Gasteiger partial charge in [0.2, 0.25) is 0 Å². The molecule has 1 aromatic rings. The Morgan fingerprint density at radius 3 is 2.85 bits per heavy atom. The van der Waals surface area contributed by atoms with E-state index in [0.29, 0.717) is 0 Å². The molecule has 1 atom stereocenters. The second-order valence-corrected chi connectivity index (χ2v) is 2.50. The predicted octanol–water partition coefficient (Wildman–Crippen LogP) is -0.646. The summed E-state index contributed by atoms with van der Waals surface area (Å²) in [7, 11) is 1.40. The molecule has 7 heteroatoms. The van der Waals surface area contributed by atoms with E-state index in [4.69, 9.17) is 5.11 Å². The average molecular weight is 187 g/mol. The second-order valence-electron chi connectivity index (χ2n) is 2.50. The number of imidazole rings is 1. The molecule has 0 aliphatic rings. The molecule has 1 aromatic heterocycles. The van der Waals surface area contributed by atoms with E-state index < -0.39 is 17.6 Å². The van der Waals surface area contributed by atoms with Gasteiger partial charge in [-0.05, 0) is 4.92 Å². The van der Waals surface area contributed by atoms with E-state index in [-0.39, 0.29) is 11.6 Å². The van der Waals surface area contributed by atoms with Crippen LogP contribution >= 0.6 is 0 Å². The highest BCUT2D eigenvalue weighted by atomic mass is 16.6. The van der Waals surface area contributed by atoms with Crippen LogP contribution in [0.2, 0.25) is 0 Å². The molecule has 0 spiro atoms. The average Bonchev–Trinajstić information content (AvgIpc) is 2.46. The molecule has 1 unspecified atom stereocenters. The summed E-state index contributed by atoms with van der Waals surface area (Å²) in [6.45, 7) is -0.489. The van der Waals surface area contributed by atoms with Gasteiger partial charge in [0.1, 0.15) is 18.0 Å². The van der Waals surface area contributed by atoms with Crippen molar-refractivity contribution in [3.63, 3.8) is 0 Å². The molecule has 0 aromatic carbocycles. The van der Waals surface area contributed by atoms with Gasteiger partial charge in [0.25, 0.3) is 0 Å². The fraction of sp³-hybridized carbons (Fsp3) is 0.500. The van der Waals surface area contributed by atoms with Crippen LogP contribution < -0.4 is 0 Å². The summed E-state index contributed by atoms with van der Waals surface area (Å²) in [5.74, 6) is -0.359. The Morgan fingerprint density at radius 2 is 2.46 bits per heavy atom. The topological polar surface area (TPSA) is 101 Å². The maximum Gasteiger partial charge on any atom is 0.434 e. The summed E-state index contributed by atoms with van der Waals surface area (Å²) in [6.07, 6.45) is 0.0325. The first-order valence-electron chi connectivity index (χ1n) is 3.53. The Hall–Kier alpha value is -1.47. The van der Waals surface area contributed by atoms with Gasteiger partial charge in [0.05, 0.1) is 13.7 Å². The molecule has 13 heavy (non-hydrogen) atoms. The molecular formula is C6H9N3O4. The van der Waals surface area contributed by atoms with Crippen LogP contribution in [-0.4, -0.2) is 31.3 Å². The van der Waals surface area contributed by atoms with Crippen LogP contribution in [0.25, 0.3) is 0 Å². The quantitative estimate of drug-likeness (QED) is 0.483. The molecule has 0 saturated carbocycles. The van der Waals surface area contributed by atoms with Crippen LogP contribution in [0.4, 0.5) is 5.95 Å². The van der Waals surface area contributed by atoms with Crippen LogP contribution in [0.15, 0.2) is 6.20 Å². The van der Waals surface area contributed by atoms with E-state index in [1.807, 2.05) is 0 Å². The monoisotopic (exact) mass is 187 g/mol. The van der Waals surface area contributed by atoms with Crippen LogP contribution in [0.5, 0.6) is 0 Å². The van der Waals surface area contributed by atoms with E-state index >= 15 is 0 Å². The Labute approximate surface area is 73.4 Å². The van der Waals surface area contributed by atoms with Crippen molar-refractivity contribution in [3.05, 3.63) is 22.0 Å². The minimum atomic E-state index is -1.13. The smallest absolute Gasteiger partial charge is 0.393 e. The second kappa shape index (κ2) is 3.50. The Balaban J connectivity index is 3.06. The van der Waals surface area contributed by atoms with Gasteiger partial charge in [0, 0.05) is 0 Å². The number of hydrogen-bond donors (Lipinski definition) is 2. The molecule has 0 bridgehead atoms. The number of aromatic nitrogens is 2. The van der Waals surface area contributed by atoms with Crippen molar-refractivity contribution >= 4 is 5.95 Å². The number of nitro groups is 1. The molecule has 0 saturated heterocycles. The SMILES string of the molecule is Cn1c(C(O)CO)cnc1[N+](=O)[O-]. The fourth-order valence-corrected chi connectivity index (χ4v) is 0.985. The van der Waals surface area contributed by atoms with E-state index in [1.54, 1.807) is 0 Å². The van der Waals surface area contributed by atoms with Crippen LogP contribution in [0.3, 0.4) is 0 Å². The molecule has 0 radical (unpaired) electrons. The largest absolute Gasteiger partial charge is 0.434 e. The number of hydrogen-bond acceptors (Lipinski definition) is 5. The fourth-order valence-electron chi connectivity index (χ4n) is 0.985. The number of aliphatic hydroxyl groups is 2. The third kappa shape index (κ3) is 1.65. The van der Waals surface area contributed by atoms with Gasteiger partial charge in [0.15, 0.2) is 0 Å². The zero-order valence-electron chi connectivity index (χ0n) is 6.91. The van der Waals surface area contributed by atoms with Gasteiger partial charge in [-0.15, -0.1) is 0 Å². The summed E-state index contributed by atoms with van der Waals surface area (Å²) in [5.41, 5.74) is 0.217. The van der Waals surface area contributed by atoms with Crippen molar-refractivity contribution in [1.82, 2.24) is 9.55 Å². The lowest BCUT2D eigenvalue weighted by Gasteiger charge is -2.03. The van der Waals surface area contributed by atoms with Crippen molar-refractivity contribution in [2.75, 3.05) is 6.61 Å². The summed E-state index contributed by atoms with van der Waals surface area (Å²) in [4.78, 5) is 13.1. The van der Waals surface area contributed by atoms with Gasteiger partial charge in [-0.25, -0.2) is 4.57 Å². The summed E-state index contributed by atoms with van der Waals surface area (Å²) < 4.78 is 1.13. The zero-order valence-corrected chi connectivity index (χ0v) is 6.91. The molecule has 0 fully saturated rings. The lowest BCUT2D eigenvalue weighted by molar-refractivity contribution is -0.396. The molecule has 72 valence electrons. The maximum atomic E-state index is 10.3. The highest BCUT2D eigenvalue weighted by Crippen LogP contribution is 2.16. The standard InChI is InChI=1S/C6H9N3O4/c1-8-4(5(11)3-10)2-7-6(8)9(12)13/h2,5,10-11H,3H2,1H3. The number of rotatable bonds is 3. The van der Waals surface area contributed by atoms with Gasteiger partial charge < -0.3 is 20.3 Å².